The van der Waals surface area contributed by atoms with Gasteiger partial charge in [-0.05, 0) is 32.0 Å². The van der Waals surface area contributed by atoms with Gasteiger partial charge in [-0.2, -0.15) is 0 Å². The Labute approximate surface area is 139 Å². The molecule has 23 heavy (non-hydrogen) atoms. The molecule has 0 fully saturated rings. The molecule has 6 nitrogen and oxygen atoms in total. The Kier molecular flexibility index (Phi) is 5.84. The van der Waals surface area contributed by atoms with Crippen LogP contribution < -0.4 is 11.1 Å². The lowest BCUT2D eigenvalue weighted by atomic mass is 10.1. The van der Waals surface area contributed by atoms with Crippen LogP contribution in [-0.2, 0) is 6.54 Å². The van der Waals surface area contributed by atoms with Gasteiger partial charge in [0.1, 0.15) is 10.7 Å². The zero-order valence-corrected chi connectivity index (χ0v) is 14.0. The van der Waals surface area contributed by atoms with Crippen LogP contribution in [0.4, 0.5) is 5.69 Å². The van der Waals surface area contributed by atoms with Crippen molar-refractivity contribution in [2.24, 2.45) is 5.73 Å². The summed E-state index contributed by atoms with van der Waals surface area (Å²) in [5.41, 5.74) is 6.94. The highest BCUT2D eigenvalue weighted by Gasteiger charge is 2.14. The van der Waals surface area contributed by atoms with E-state index in [0.29, 0.717) is 41.6 Å². The van der Waals surface area contributed by atoms with Crippen LogP contribution >= 0.6 is 11.3 Å². The summed E-state index contributed by atoms with van der Waals surface area (Å²) < 4.78 is 0. The zero-order chi connectivity index (χ0) is 16.8. The number of nitrogens with two attached hydrogens (primary N) is 1. The summed E-state index contributed by atoms with van der Waals surface area (Å²) in [4.78, 5) is 30.4. The first kappa shape index (κ1) is 17.1. The van der Waals surface area contributed by atoms with E-state index in [1.807, 2.05) is 13.8 Å². The maximum Gasteiger partial charge on any atom is 0.275 e. The molecule has 0 aliphatic carbocycles. The van der Waals surface area contributed by atoms with Crippen molar-refractivity contribution in [2.45, 2.75) is 20.4 Å². The Balaban J connectivity index is 2.13. The van der Waals surface area contributed by atoms with Gasteiger partial charge >= 0.3 is 0 Å². The molecule has 0 aliphatic rings. The minimum absolute atomic E-state index is 0.0508. The number of thiazole rings is 1. The Hall–Kier alpha value is -2.25. The Morgan fingerprint density at radius 2 is 2.04 bits per heavy atom. The van der Waals surface area contributed by atoms with E-state index in [0.717, 1.165) is 0 Å². The molecule has 0 atom stereocenters. The fourth-order valence-electron chi connectivity index (χ4n) is 2.13. The molecule has 3 N–H and O–H groups in total. The first-order chi connectivity index (χ1) is 11.1. The summed E-state index contributed by atoms with van der Waals surface area (Å²) in [6, 6.07) is 6.91. The maximum absolute atomic E-state index is 12.3. The molecule has 0 unspecified atom stereocenters. The second-order valence-electron chi connectivity index (χ2n) is 4.84. The highest BCUT2D eigenvalue weighted by atomic mass is 32.1. The van der Waals surface area contributed by atoms with Crippen LogP contribution in [-0.4, -0.2) is 34.8 Å². The molecule has 2 rings (SSSR count). The van der Waals surface area contributed by atoms with Crippen molar-refractivity contribution in [1.82, 2.24) is 9.88 Å². The van der Waals surface area contributed by atoms with E-state index < -0.39 is 0 Å². The summed E-state index contributed by atoms with van der Waals surface area (Å²) in [5, 5.41) is 5.14. The summed E-state index contributed by atoms with van der Waals surface area (Å²) in [5.74, 6) is -0.362. The standard InChI is InChI=1S/C16H20N4O2S/c1-3-20(4-2)16(22)11-6-5-7-12(8-11)18-15(21)13-10-23-14(9-17)19-13/h5-8,10H,3-4,9,17H2,1-2H3,(H,18,21). The average Bonchev–Trinajstić information content (AvgIpc) is 3.05. The third kappa shape index (κ3) is 4.14. The molecule has 1 aromatic heterocycles. The van der Waals surface area contributed by atoms with Gasteiger partial charge in [0.05, 0.1) is 0 Å². The summed E-state index contributed by atoms with van der Waals surface area (Å²) in [6.45, 7) is 5.47. The number of anilines is 1. The number of hydrogen-bond donors (Lipinski definition) is 2. The number of carbonyl (C=O) groups is 2. The molecule has 1 aromatic carbocycles. The van der Waals surface area contributed by atoms with Crippen LogP contribution in [0, 0.1) is 0 Å². The van der Waals surface area contributed by atoms with Crippen LogP contribution in [0.3, 0.4) is 0 Å². The van der Waals surface area contributed by atoms with E-state index in [1.165, 1.54) is 11.3 Å². The number of nitrogens with zero attached hydrogens (tertiary/aromatic N) is 2. The third-order valence-corrected chi connectivity index (χ3v) is 4.25. The minimum Gasteiger partial charge on any atom is -0.339 e. The molecule has 7 heteroatoms. The van der Waals surface area contributed by atoms with E-state index in [1.54, 1.807) is 34.5 Å². The monoisotopic (exact) mass is 332 g/mol. The van der Waals surface area contributed by atoms with Gasteiger partial charge in [0.2, 0.25) is 0 Å². The second-order valence-corrected chi connectivity index (χ2v) is 5.79. The van der Waals surface area contributed by atoms with Gasteiger partial charge in [0.25, 0.3) is 11.8 Å². The summed E-state index contributed by atoms with van der Waals surface area (Å²) in [7, 11) is 0. The van der Waals surface area contributed by atoms with Gasteiger partial charge in [0.15, 0.2) is 0 Å². The van der Waals surface area contributed by atoms with Crippen molar-refractivity contribution < 1.29 is 9.59 Å². The molecule has 0 saturated heterocycles. The molecular weight excluding hydrogens is 312 g/mol. The molecule has 0 aliphatic heterocycles. The van der Waals surface area contributed by atoms with Gasteiger partial charge in [-0.3, -0.25) is 9.59 Å². The highest BCUT2D eigenvalue weighted by Crippen LogP contribution is 2.15. The van der Waals surface area contributed by atoms with E-state index in [4.69, 9.17) is 5.73 Å². The molecule has 2 aromatic rings. The lowest BCUT2D eigenvalue weighted by Crippen LogP contribution is -2.30. The van der Waals surface area contributed by atoms with Crippen LogP contribution in [0.25, 0.3) is 0 Å². The SMILES string of the molecule is CCN(CC)C(=O)c1cccc(NC(=O)c2csc(CN)n2)c1. The smallest absolute Gasteiger partial charge is 0.275 e. The van der Waals surface area contributed by atoms with Crippen molar-refractivity contribution >= 4 is 28.8 Å². The minimum atomic E-state index is -0.312. The van der Waals surface area contributed by atoms with E-state index in [-0.39, 0.29) is 11.8 Å². The third-order valence-electron chi connectivity index (χ3n) is 3.38. The number of carbonyl (C=O) groups excluding carboxylic acids is 2. The number of benzene rings is 1. The second kappa shape index (κ2) is 7.85. The lowest BCUT2D eigenvalue weighted by molar-refractivity contribution is 0.0772. The van der Waals surface area contributed by atoms with Gasteiger partial charge in [-0.15, -0.1) is 11.3 Å². The molecule has 0 radical (unpaired) electrons. The lowest BCUT2D eigenvalue weighted by Gasteiger charge is -2.18. The molecule has 2 amide bonds. The Morgan fingerprint density at radius 1 is 1.30 bits per heavy atom. The molecule has 0 spiro atoms. The first-order valence-corrected chi connectivity index (χ1v) is 8.32. The molecule has 0 saturated carbocycles. The summed E-state index contributed by atoms with van der Waals surface area (Å²) >= 11 is 1.35. The van der Waals surface area contributed by atoms with Crippen molar-refractivity contribution in [3.8, 4) is 0 Å². The van der Waals surface area contributed by atoms with E-state index in [9.17, 15) is 9.59 Å². The van der Waals surface area contributed by atoms with Crippen LogP contribution in [0.15, 0.2) is 29.6 Å². The van der Waals surface area contributed by atoms with E-state index >= 15 is 0 Å². The van der Waals surface area contributed by atoms with Gasteiger partial charge in [0, 0.05) is 36.3 Å². The average molecular weight is 332 g/mol. The normalized spacial score (nSPS) is 10.4. The van der Waals surface area contributed by atoms with Crippen molar-refractivity contribution in [1.29, 1.82) is 0 Å². The van der Waals surface area contributed by atoms with Crippen LogP contribution in [0.1, 0.15) is 39.7 Å². The predicted molar refractivity (Wildman–Crippen MR) is 91.7 cm³/mol. The zero-order valence-electron chi connectivity index (χ0n) is 13.2. The fourth-order valence-corrected chi connectivity index (χ4v) is 2.78. The number of rotatable bonds is 6. The van der Waals surface area contributed by atoms with Crippen molar-refractivity contribution in [3.05, 3.63) is 45.9 Å². The topological polar surface area (TPSA) is 88.3 Å². The number of hydrogen-bond acceptors (Lipinski definition) is 5. The van der Waals surface area contributed by atoms with Gasteiger partial charge in [-0.1, -0.05) is 6.07 Å². The summed E-state index contributed by atoms with van der Waals surface area (Å²) in [6.07, 6.45) is 0. The van der Waals surface area contributed by atoms with Crippen LogP contribution in [0.5, 0.6) is 0 Å². The Bertz CT molecular complexity index is 695. The molecule has 122 valence electrons. The number of aromatic nitrogens is 1. The fraction of sp³-hybridized carbons (Fsp3) is 0.312. The van der Waals surface area contributed by atoms with E-state index in [2.05, 4.69) is 10.3 Å². The predicted octanol–water partition coefficient (Wildman–Crippen LogP) is 2.34. The Morgan fingerprint density at radius 3 is 2.65 bits per heavy atom. The largest absolute Gasteiger partial charge is 0.339 e. The van der Waals surface area contributed by atoms with Gasteiger partial charge in [-0.25, -0.2) is 4.98 Å². The highest BCUT2D eigenvalue weighted by molar-refractivity contribution is 7.09. The van der Waals surface area contributed by atoms with Crippen LogP contribution in [0.2, 0.25) is 0 Å². The first-order valence-electron chi connectivity index (χ1n) is 7.44. The molecule has 0 bridgehead atoms. The van der Waals surface area contributed by atoms with Crippen molar-refractivity contribution in [3.63, 3.8) is 0 Å². The van der Waals surface area contributed by atoms with Gasteiger partial charge < -0.3 is 16.0 Å². The maximum atomic E-state index is 12.3. The molecular formula is C16H20N4O2S. The van der Waals surface area contributed by atoms with Crippen molar-refractivity contribution in [2.75, 3.05) is 18.4 Å². The number of nitrogens with one attached hydrogen (secondary N) is 1. The number of amides is 2. The molecule has 1 heterocycles. The quantitative estimate of drug-likeness (QED) is 0.850.